The van der Waals surface area contributed by atoms with Gasteiger partial charge in [0.25, 0.3) is 0 Å². The number of rotatable bonds is 5. The van der Waals surface area contributed by atoms with E-state index in [2.05, 4.69) is 10.6 Å². The molecule has 2 fully saturated rings. The molecule has 1 unspecified atom stereocenters. The molecule has 126 valence electrons. The highest BCUT2D eigenvalue weighted by molar-refractivity contribution is 5.81. The van der Waals surface area contributed by atoms with Crippen LogP contribution >= 0.6 is 0 Å². The summed E-state index contributed by atoms with van der Waals surface area (Å²) in [6.07, 6.45) is 7.65. The summed E-state index contributed by atoms with van der Waals surface area (Å²) in [5.41, 5.74) is 0. The minimum atomic E-state index is -0.595. The SMILES string of the molecule is COC(=O)C(CC1CCCCC1)NC(=O)OC1CCNCC1. The van der Waals surface area contributed by atoms with Crippen LogP contribution in [0.3, 0.4) is 0 Å². The van der Waals surface area contributed by atoms with E-state index in [1.165, 1.54) is 26.4 Å². The third kappa shape index (κ3) is 5.48. The smallest absolute Gasteiger partial charge is 0.408 e. The lowest BCUT2D eigenvalue weighted by atomic mass is 9.85. The standard InChI is InChI=1S/C16H28N2O4/c1-21-15(19)14(11-12-5-3-2-4-6-12)18-16(20)22-13-7-9-17-10-8-13/h12-14,17H,2-11H2,1H3,(H,18,20). The van der Waals surface area contributed by atoms with Crippen LogP contribution in [0.4, 0.5) is 4.79 Å². The molecule has 6 heteroatoms. The maximum absolute atomic E-state index is 12.0. The Balaban J connectivity index is 1.82. The first-order chi connectivity index (χ1) is 10.7. The van der Waals surface area contributed by atoms with Gasteiger partial charge in [-0.3, -0.25) is 0 Å². The number of alkyl carbamates (subject to hydrolysis) is 1. The van der Waals surface area contributed by atoms with Gasteiger partial charge in [-0.15, -0.1) is 0 Å². The predicted molar refractivity (Wildman–Crippen MR) is 82.5 cm³/mol. The third-order valence-electron chi connectivity index (χ3n) is 4.63. The van der Waals surface area contributed by atoms with Gasteiger partial charge in [-0.1, -0.05) is 32.1 Å². The van der Waals surface area contributed by atoms with Crippen molar-refractivity contribution < 1.29 is 19.1 Å². The second kappa shape index (κ2) is 8.98. The van der Waals surface area contributed by atoms with Crippen molar-refractivity contribution in [3.05, 3.63) is 0 Å². The van der Waals surface area contributed by atoms with E-state index in [0.717, 1.165) is 38.8 Å². The minimum absolute atomic E-state index is 0.0609. The number of piperidine rings is 1. The fourth-order valence-corrected chi connectivity index (χ4v) is 3.35. The number of nitrogens with one attached hydrogen (secondary N) is 2. The van der Waals surface area contributed by atoms with Crippen LogP contribution in [-0.4, -0.2) is 44.4 Å². The zero-order valence-electron chi connectivity index (χ0n) is 13.4. The molecule has 1 saturated carbocycles. The predicted octanol–water partition coefficient (Wildman–Crippen LogP) is 1.98. The average Bonchev–Trinajstić information content (AvgIpc) is 2.55. The number of carbonyl (C=O) groups excluding carboxylic acids is 2. The van der Waals surface area contributed by atoms with Crippen molar-refractivity contribution >= 4 is 12.1 Å². The molecule has 1 aliphatic carbocycles. The Labute approximate surface area is 132 Å². The van der Waals surface area contributed by atoms with E-state index < -0.39 is 12.1 Å². The number of carbonyl (C=O) groups is 2. The maximum Gasteiger partial charge on any atom is 0.408 e. The summed E-state index contributed by atoms with van der Waals surface area (Å²) in [6, 6.07) is -0.595. The summed E-state index contributed by atoms with van der Waals surface area (Å²) in [5, 5.41) is 5.93. The Bertz CT molecular complexity index is 363. The van der Waals surface area contributed by atoms with Gasteiger partial charge in [0.15, 0.2) is 0 Å². The minimum Gasteiger partial charge on any atom is -0.467 e. The lowest BCUT2D eigenvalue weighted by molar-refractivity contribution is -0.143. The zero-order valence-corrected chi connectivity index (χ0v) is 13.4. The van der Waals surface area contributed by atoms with Gasteiger partial charge < -0.3 is 20.1 Å². The Morgan fingerprint density at radius 2 is 1.82 bits per heavy atom. The van der Waals surface area contributed by atoms with Crippen LogP contribution in [0.15, 0.2) is 0 Å². The monoisotopic (exact) mass is 312 g/mol. The van der Waals surface area contributed by atoms with E-state index in [9.17, 15) is 9.59 Å². The highest BCUT2D eigenvalue weighted by Crippen LogP contribution is 2.27. The Morgan fingerprint density at radius 3 is 2.45 bits per heavy atom. The van der Waals surface area contributed by atoms with Crippen molar-refractivity contribution in [3.63, 3.8) is 0 Å². The molecule has 2 rings (SSSR count). The van der Waals surface area contributed by atoms with Gasteiger partial charge in [-0.2, -0.15) is 0 Å². The van der Waals surface area contributed by atoms with E-state index >= 15 is 0 Å². The maximum atomic E-state index is 12.0. The van der Waals surface area contributed by atoms with E-state index in [0.29, 0.717) is 12.3 Å². The number of esters is 1. The topological polar surface area (TPSA) is 76.7 Å². The van der Waals surface area contributed by atoms with Crippen LogP contribution in [0.1, 0.15) is 51.4 Å². The van der Waals surface area contributed by atoms with Crippen molar-refractivity contribution in [1.29, 1.82) is 0 Å². The van der Waals surface area contributed by atoms with Gasteiger partial charge in [0.2, 0.25) is 0 Å². The summed E-state index contributed by atoms with van der Waals surface area (Å²) >= 11 is 0. The Kier molecular flexibility index (Phi) is 6.96. The second-order valence-corrected chi connectivity index (χ2v) is 6.31. The third-order valence-corrected chi connectivity index (χ3v) is 4.63. The van der Waals surface area contributed by atoms with Crippen molar-refractivity contribution in [1.82, 2.24) is 10.6 Å². The second-order valence-electron chi connectivity index (χ2n) is 6.31. The number of amides is 1. The van der Waals surface area contributed by atoms with Crippen molar-refractivity contribution in [2.24, 2.45) is 5.92 Å². The highest BCUT2D eigenvalue weighted by atomic mass is 16.6. The number of ether oxygens (including phenoxy) is 2. The Hall–Kier alpha value is -1.30. The van der Waals surface area contributed by atoms with Crippen LogP contribution in [0.2, 0.25) is 0 Å². The molecule has 1 amide bonds. The molecule has 2 N–H and O–H groups in total. The molecule has 0 aromatic carbocycles. The zero-order chi connectivity index (χ0) is 15.8. The molecule has 22 heavy (non-hydrogen) atoms. The first-order valence-corrected chi connectivity index (χ1v) is 8.44. The molecule has 0 aromatic heterocycles. The van der Waals surface area contributed by atoms with Crippen LogP contribution in [0.5, 0.6) is 0 Å². The van der Waals surface area contributed by atoms with Gasteiger partial charge >= 0.3 is 12.1 Å². The molecular formula is C16H28N2O4. The van der Waals surface area contributed by atoms with Crippen molar-refractivity contribution in [2.75, 3.05) is 20.2 Å². The number of methoxy groups -OCH3 is 1. The molecule has 1 heterocycles. The normalized spacial score (nSPS) is 21.9. The number of hydrogen-bond donors (Lipinski definition) is 2. The molecule has 0 bridgehead atoms. The summed E-state index contributed by atoms with van der Waals surface area (Å²) in [7, 11) is 1.36. The lowest BCUT2D eigenvalue weighted by Gasteiger charge is -2.27. The highest BCUT2D eigenvalue weighted by Gasteiger charge is 2.28. The Morgan fingerprint density at radius 1 is 1.14 bits per heavy atom. The summed E-state index contributed by atoms with van der Waals surface area (Å²) in [4.78, 5) is 23.9. The van der Waals surface area contributed by atoms with E-state index in [4.69, 9.17) is 9.47 Å². The van der Waals surface area contributed by atoms with E-state index in [-0.39, 0.29) is 12.1 Å². The molecule has 1 atom stereocenters. The van der Waals surface area contributed by atoms with Gasteiger partial charge in [-0.05, 0) is 38.3 Å². The first kappa shape index (κ1) is 17.1. The fourth-order valence-electron chi connectivity index (χ4n) is 3.35. The van der Waals surface area contributed by atoms with E-state index in [1.54, 1.807) is 0 Å². The van der Waals surface area contributed by atoms with Crippen LogP contribution < -0.4 is 10.6 Å². The largest absolute Gasteiger partial charge is 0.467 e. The van der Waals surface area contributed by atoms with Gasteiger partial charge in [0, 0.05) is 0 Å². The molecule has 6 nitrogen and oxygen atoms in total. The molecule has 0 radical (unpaired) electrons. The fraction of sp³-hybridized carbons (Fsp3) is 0.875. The van der Waals surface area contributed by atoms with E-state index in [1.807, 2.05) is 0 Å². The molecule has 0 aromatic rings. The number of hydrogen-bond acceptors (Lipinski definition) is 5. The van der Waals surface area contributed by atoms with Crippen LogP contribution in [0, 0.1) is 5.92 Å². The molecule has 0 spiro atoms. The van der Waals surface area contributed by atoms with Gasteiger partial charge in [-0.25, -0.2) is 9.59 Å². The summed E-state index contributed by atoms with van der Waals surface area (Å²) in [5.74, 6) is 0.102. The van der Waals surface area contributed by atoms with Crippen LogP contribution in [-0.2, 0) is 14.3 Å². The molecule has 2 aliphatic rings. The lowest BCUT2D eigenvalue weighted by Crippen LogP contribution is -2.45. The van der Waals surface area contributed by atoms with Crippen molar-refractivity contribution in [3.8, 4) is 0 Å². The van der Waals surface area contributed by atoms with Crippen molar-refractivity contribution in [2.45, 2.75) is 63.5 Å². The molecular weight excluding hydrogens is 284 g/mol. The average molecular weight is 312 g/mol. The van der Waals surface area contributed by atoms with Gasteiger partial charge in [0.05, 0.1) is 7.11 Å². The molecule has 1 aliphatic heterocycles. The summed E-state index contributed by atoms with van der Waals surface area (Å²) < 4.78 is 10.2. The quantitative estimate of drug-likeness (QED) is 0.759. The van der Waals surface area contributed by atoms with Gasteiger partial charge in [0.1, 0.15) is 12.1 Å². The first-order valence-electron chi connectivity index (χ1n) is 8.44. The van der Waals surface area contributed by atoms with Crippen LogP contribution in [0.25, 0.3) is 0 Å². The molecule has 1 saturated heterocycles. The summed E-state index contributed by atoms with van der Waals surface area (Å²) in [6.45, 7) is 1.72.